The molecule has 6 heteroatoms. The zero-order valence-corrected chi connectivity index (χ0v) is 12.1. The molecule has 0 N–H and O–H groups in total. The SMILES string of the molecule is CCCN(CC(=O)OC)c1nnc(CC)c(CC)n1. The van der Waals surface area contributed by atoms with Gasteiger partial charge in [0.2, 0.25) is 5.95 Å². The van der Waals surface area contributed by atoms with Crippen LogP contribution in [0.25, 0.3) is 0 Å². The van der Waals surface area contributed by atoms with Crippen LogP contribution in [0.5, 0.6) is 0 Å². The van der Waals surface area contributed by atoms with E-state index in [0.29, 0.717) is 12.5 Å². The second-order valence-corrected chi connectivity index (χ2v) is 4.21. The zero-order valence-electron chi connectivity index (χ0n) is 12.1. The Balaban J connectivity index is 2.98. The third-order valence-electron chi connectivity index (χ3n) is 2.82. The van der Waals surface area contributed by atoms with E-state index in [-0.39, 0.29) is 12.5 Å². The quantitative estimate of drug-likeness (QED) is 0.695. The van der Waals surface area contributed by atoms with Crippen LogP contribution < -0.4 is 4.90 Å². The Bertz CT molecular complexity index is 423. The number of aromatic nitrogens is 3. The van der Waals surface area contributed by atoms with Crippen molar-refractivity contribution in [2.75, 3.05) is 25.1 Å². The van der Waals surface area contributed by atoms with Gasteiger partial charge >= 0.3 is 5.97 Å². The molecule has 106 valence electrons. The van der Waals surface area contributed by atoms with Crippen LogP contribution in [0, 0.1) is 0 Å². The van der Waals surface area contributed by atoms with Gasteiger partial charge in [-0.3, -0.25) is 4.79 Å². The second kappa shape index (κ2) is 7.66. The Labute approximate surface area is 114 Å². The minimum absolute atomic E-state index is 0.153. The monoisotopic (exact) mass is 266 g/mol. The molecule has 0 amide bonds. The Morgan fingerprint density at radius 2 is 1.84 bits per heavy atom. The number of carbonyl (C=O) groups is 1. The van der Waals surface area contributed by atoms with Crippen molar-refractivity contribution >= 4 is 11.9 Å². The highest BCUT2D eigenvalue weighted by molar-refractivity contribution is 5.74. The topological polar surface area (TPSA) is 68.2 Å². The van der Waals surface area contributed by atoms with Crippen molar-refractivity contribution in [3.63, 3.8) is 0 Å². The Hall–Kier alpha value is -1.72. The van der Waals surface area contributed by atoms with E-state index in [1.165, 1.54) is 7.11 Å². The predicted molar refractivity (Wildman–Crippen MR) is 73.1 cm³/mol. The number of ether oxygens (including phenoxy) is 1. The highest BCUT2D eigenvalue weighted by atomic mass is 16.5. The van der Waals surface area contributed by atoms with Gasteiger partial charge in [0.15, 0.2) is 0 Å². The molecule has 0 saturated heterocycles. The molecule has 1 rings (SSSR count). The summed E-state index contributed by atoms with van der Waals surface area (Å²) in [6, 6.07) is 0. The fraction of sp³-hybridized carbons (Fsp3) is 0.692. The first kappa shape index (κ1) is 15.3. The Morgan fingerprint density at radius 3 is 2.37 bits per heavy atom. The van der Waals surface area contributed by atoms with Crippen molar-refractivity contribution in [1.82, 2.24) is 15.2 Å². The van der Waals surface area contributed by atoms with E-state index in [9.17, 15) is 4.79 Å². The standard InChI is InChI=1S/C13H22N4O2/c1-5-8-17(9-12(18)19-4)13-14-10(6-2)11(7-3)15-16-13/h5-9H2,1-4H3. The van der Waals surface area contributed by atoms with Gasteiger partial charge in [-0.05, 0) is 19.3 Å². The zero-order chi connectivity index (χ0) is 14.3. The molecule has 0 saturated carbocycles. The molecule has 0 fully saturated rings. The van der Waals surface area contributed by atoms with E-state index in [1.54, 1.807) is 4.90 Å². The van der Waals surface area contributed by atoms with Crippen LogP contribution in [0.4, 0.5) is 5.95 Å². The van der Waals surface area contributed by atoms with Gasteiger partial charge in [0.05, 0.1) is 18.5 Å². The lowest BCUT2D eigenvalue weighted by Gasteiger charge is -2.20. The Kier molecular flexibility index (Phi) is 6.18. The maximum atomic E-state index is 11.4. The molecule has 6 nitrogen and oxygen atoms in total. The van der Waals surface area contributed by atoms with Crippen molar-refractivity contribution in [3.8, 4) is 0 Å². The van der Waals surface area contributed by atoms with Gasteiger partial charge in [-0.15, -0.1) is 5.10 Å². The molecule has 0 aromatic carbocycles. The van der Waals surface area contributed by atoms with E-state index < -0.39 is 0 Å². The molecule has 0 spiro atoms. The average molecular weight is 266 g/mol. The van der Waals surface area contributed by atoms with Gasteiger partial charge in [0, 0.05) is 6.54 Å². The number of aryl methyl sites for hydroxylation is 2. The summed E-state index contributed by atoms with van der Waals surface area (Å²) in [5, 5.41) is 8.32. The summed E-state index contributed by atoms with van der Waals surface area (Å²) in [5.74, 6) is 0.205. The molecular weight excluding hydrogens is 244 g/mol. The highest BCUT2D eigenvalue weighted by Gasteiger charge is 2.16. The first-order valence-electron chi connectivity index (χ1n) is 6.70. The molecule has 0 aliphatic heterocycles. The van der Waals surface area contributed by atoms with E-state index in [2.05, 4.69) is 15.2 Å². The molecule has 19 heavy (non-hydrogen) atoms. The largest absolute Gasteiger partial charge is 0.468 e. The summed E-state index contributed by atoms with van der Waals surface area (Å²) in [4.78, 5) is 17.7. The third-order valence-corrected chi connectivity index (χ3v) is 2.82. The average Bonchev–Trinajstić information content (AvgIpc) is 2.45. The third kappa shape index (κ3) is 4.15. The van der Waals surface area contributed by atoms with E-state index >= 15 is 0 Å². The summed E-state index contributed by atoms with van der Waals surface area (Å²) >= 11 is 0. The molecule has 1 aromatic heterocycles. The second-order valence-electron chi connectivity index (χ2n) is 4.21. The van der Waals surface area contributed by atoms with Gasteiger partial charge in [0.1, 0.15) is 6.54 Å². The van der Waals surface area contributed by atoms with Gasteiger partial charge in [-0.25, -0.2) is 4.98 Å². The van der Waals surface area contributed by atoms with Crippen molar-refractivity contribution in [2.24, 2.45) is 0 Å². The van der Waals surface area contributed by atoms with Crippen molar-refractivity contribution in [1.29, 1.82) is 0 Å². The fourth-order valence-corrected chi connectivity index (χ4v) is 1.80. The van der Waals surface area contributed by atoms with Crippen molar-refractivity contribution in [3.05, 3.63) is 11.4 Å². The number of anilines is 1. The summed E-state index contributed by atoms with van der Waals surface area (Å²) < 4.78 is 4.69. The van der Waals surface area contributed by atoms with Crippen LogP contribution in [0.3, 0.4) is 0 Å². The highest BCUT2D eigenvalue weighted by Crippen LogP contribution is 2.11. The lowest BCUT2D eigenvalue weighted by atomic mass is 10.2. The molecule has 0 bridgehead atoms. The molecule has 0 unspecified atom stereocenters. The number of methoxy groups -OCH3 is 1. The van der Waals surface area contributed by atoms with Crippen molar-refractivity contribution < 1.29 is 9.53 Å². The van der Waals surface area contributed by atoms with E-state index in [0.717, 1.165) is 30.7 Å². The molecule has 0 aliphatic rings. The van der Waals surface area contributed by atoms with E-state index in [1.807, 2.05) is 20.8 Å². The maximum absolute atomic E-state index is 11.4. The van der Waals surface area contributed by atoms with E-state index in [4.69, 9.17) is 4.74 Å². The van der Waals surface area contributed by atoms with Gasteiger partial charge < -0.3 is 9.64 Å². The number of esters is 1. The number of rotatable bonds is 7. The normalized spacial score (nSPS) is 10.3. The molecular formula is C13H22N4O2. The van der Waals surface area contributed by atoms with Crippen LogP contribution in [0.1, 0.15) is 38.6 Å². The van der Waals surface area contributed by atoms with Crippen LogP contribution in [-0.2, 0) is 22.4 Å². The number of nitrogens with zero attached hydrogens (tertiary/aromatic N) is 4. The predicted octanol–water partition coefficient (Wildman–Crippen LogP) is 1.39. The lowest BCUT2D eigenvalue weighted by Crippen LogP contribution is -2.33. The summed E-state index contributed by atoms with van der Waals surface area (Å²) in [6.45, 7) is 6.96. The Morgan fingerprint density at radius 1 is 1.16 bits per heavy atom. The summed E-state index contributed by atoms with van der Waals surface area (Å²) in [7, 11) is 1.38. The number of carbonyl (C=O) groups excluding carboxylic acids is 1. The first-order valence-corrected chi connectivity index (χ1v) is 6.70. The van der Waals surface area contributed by atoms with Crippen LogP contribution in [-0.4, -0.2) is 41.3 Å². The smallest absolute Gasteiger partial charge is 0.325 e. The summed E-state index contributed by atoms with van der Waals surface area (Å²) in [6.07, 6.45) is 2.52. The van der Waals surface area contributed by atoms with Crippen LogP contribution in [0.2, 0.25) is 0 Å². The van der Waals surface area contributed by atoms with Crippen LogP contribution >= 0.6 is 0 Å². The fourth-order valence-electron chi connectivity index (χ4n) is 1.80. The molecule has 0 radical (unpaired) electrons. The van der Waals surface area contributed by atoms with Gasteiger partial charge in [-0.2, -0.15) is 5.10 Å². The molecule has 0 aliphatic carbocycles. The van der Waals surface area contributed by atoms with Crippen molar-refractivity contribution in [2.45, 2.75) is 40.0 Å². The number of hydrogen-bond acceptors (Lipinski definition) is 6. The molecule has 0 atom stereocenters. The maximum Gasteiger partial charge on any atom is 0.325 e. The minimum Gasteiger partial charge on any atom is -0.468 e. The van der Waals surface area contributed by atoms with Gasteiger partial charge in [-0.1, -0.05) is 20.8 Å². The molecule has 1 heterocycles. The lowest BCUT2D eigenvalue weighted by molar-refractivity contribution is -0.138. The number of hydrogen-bond donors (Lipinski definition) is 0. The van der Waals surface area contributed by atoms with Crippen LogP contribution in [0.15, 0.2) is 0 Å². The molecule has 1 aromatic rings. The van der Waals surface area contributed by atoms with Gasteiger partial charge in [0.25, 0.3) is 0 Å². The summed E-state index contributed by atoms with van der Waals surface area (Å²) in [5.41, 5.74) is 1.86. The first-order chi connectivity index (χ1) is 9.15. The minimum atomic E-state index is -0.297.